The molecule has 0 saturated heterocycles. The minimum Gasteiger partial charge on any atom is -0.493 e. The van der Waals surface area contributed by atoms with Crippen LogP contribution in [0, 0.1) is 0 Å². The number of rotatable bonds is 6. The number of benzene rings is 1. The zero-order valence-corrected chi connectivity index (χ0v) is 15.3. The highest BCUT2D eigenvalue weighted by atomic mass is 16.5. The largest absolute Gasteiger partial charge is 0.493 e. The van der Waals surface area contributed by atoms with Gasteiger partial charge in [0.05, 0.1) is 27.9 Å². The standard InChI is InChI=1S/C17H23N3O5/c1-17(2,3)16-19-13(20-25-16)9-18-15(21)10-7-11(22-4)14(24-6)12(8-10)23-5/h7-8H,9H2,1-6H3,(H,18,21). The van der Waals surface area contributed by atoms with Gasteiger partial charge in [-0.3, -0.25) is 4.79 Å². The summed E-state index contributed by atoms with van der Waals surface area (Å²) in [5.41, 5.74) is 0.125. The van der Waals surface area contributed by atoms with E-state index >= 15 is 0 Å². The Labute approximate surface area is 146 Å². The van der Waals surface area contributed by atoms with Gasteiger partial charge in [-0.25, -0.2) is 0 Å². The molecule has 0 aliphatic carbocycles. The Hall–Kier alpha value is -2.77. The van der Waals surface area contributed by atoms with Crippen LogP contribution < -0.4 is 19.5 Å². The number of nitrogens with one attached hydrogen (secondary N) is 1. The summed E-state index contributed by atoms with van der Waals surface area (Å²) in [6, 6.07) is 3.15. The van der Waals surface area contributed by atoms with Crippen LogP contribution in [0.2, 0.25) is 0 Å². The fourth-order valence-corrected chi connectivity index (χ4v) is 2.10. The average molecular weight is 349 g/mol. The first-order chi connectivity index (χ1) is 11.8. The van der Waals surface area contributed by atoms with Crippen LogP contribution in [0.5, 0.6) is 17.2 Å². The van der Waals surface area contributed by atoms with Gasteiger partial charge < -0.3 is 24.1 Å². The lowest BCUT2D eigenvalue weighted by Gasteiger charge is -2.13. The number of methoxy groups -OCH3 is 3. The van der Waals surface area contributed by atoms with E-state index < -0.39 is 0 Å². The molecule has 25 heavy (non-hydrogen) atoms. The number of nitrogens with zero attached hydrogens (tertiary/aromatic N) is 2. The normalized spacial score (nSPS) is 11.1. The summed E-state index contributed by atoms with van der Waals surface area (Å²) in [5.74, 6) is 1.84. The van der Waals surface area contributed by atoms with Gasteiger partial charge in [0.2, 0.25) is 11.6 Å². The molecule has 2 rings (SSSR count). The second-order valence-electron chi connectivity index (χ2n) is 6.36. The highest BCUT2D eigenvalue weighted by molar-refractivity contribution is 5.95. The zero-order valence-electron chi connectivity index (χ0n) is 15.3. The molecule has 2 aromatic rings. The van der Waals surface area contributed by atoms with Crippen molar-refractivity contribution in [2.24, 2.45) is 0 Å². The minimum atomic E-state index is -0.318. The van der Waals surface area contributed by atoms with E-state index in [0.717, 1.165) is 0 Å². The van der Waals surface area contributed by atoms with Crippen molar-refractivity contribution in [1.29, 1.82) is 0 Å². The van der Waals surface area contributed by atoms with Crippen molar-refractivity contribution in [1.82, 2.24) is 15.5 Å². The summed E-state index contributed by atoms with van der Waals surface area (Å²) < 4.78 is 20.9. The number of carbonyl (C=O) groups excluding carboxylic acids is 1. The molecule has 1 N–H and O–H groups in total. The zero-order chi connectivity index (χ0) is 18.6. The molecule has 8 heteroatoms. The monoisotopic (exact) mass is 349 g/mol. The first kappa shape index (κ1) is 18.6. The summed E-state index contributed by atoms with van der Waals surface area (Å²) in [4.78, 5) is 16.7. The van der Waals surface area contributed by atoms with E-state index in [1.165, 1.54) is 21.3 Å². The van der Waals surface area contributed by atoms with Crippen molar-refractivity contribution >= 4 is 5.91 Å². The van der Waals surface area contributed by atoms with Crippen molar-refractivity contribution in [2.75, 3.05) is 21.3 Å². The maximum atomic E-state index is 12.4. The molecule has 0 aliphatic rings. The van der Waals surface area contributed by atoms with Crippen LogP contribution in [-0.4, -0.2) is 37.4 Å². The molecule has 0 radical (unpaired) electrons. The van der Waals surface area contributed by atoms with Crippen LogP contribution in [0.3, 0.4) is 0 Å². The number of aromatic nitrogens is 2. The van der Waals surface area contributed by atoms with Crippen LogP contribution in [0.15, 0.2) is 16.7 Å². The Kier molecular flexibility index (Phi) is 5.51. The summed E-state index contributed by atoms with van der Waals surface area (Å²) in [6.45, 7) is 6.06. The molecule has 1 aromatic heterocycles. The molecule has 0 spiro atoms. The molecule has 0 aliphatic heterocycles. The second-order valence-corrected chi connectivity index (χ2v) is 6.36. The third-order valence-electron chi connectivity index (χ3n) is 3.44. The summed E-state index contributed by atoms with van der Waals surface area (Å²) >= 11 is 0. The first-order valence-electron chi connectivity index (χ1n) is 7.71. The molecular formula is C17H23N3O5. The number of carbonyl (C=O) groups is 1. The van der Waals surface area contributed by atoms with E-state index in [9.17, 15) is 4.79 Å². The first-order valence-corrected chi connectivity index (χ1v) is 7.71. The second kappa shape index (κ2) is 7.42. The fourth-order valence-electron chi connectivity index (χ4n) is 2.10. The van der Waals surface area contributed by atoms with Crippen molar-refractivity contribution in [3.8, 4) is 17.2 Å². The lowest BCUT2D eigenvalue weighted by Crippen LogP contribution is -2.23. The van der Waals surface area contributed by atoms with E-state index in [-0.39, 0.29) is 17.9 Å². The number of hydrogen-bond donors (Lipinski definition) is 1. The predicted molar refractivity (Wildman–Crippen MR) is 90.3 cm³/mol. The Morgan fingerprint density at radius 3 is 2.16 bits per heavy atom. The van der Waals surface area contributed by atoms with Gasteiger partial charge in [0.25, 0.3) is 5.91 Å². The highest BCUT2D eigenvalue weighted by Crippen LogP contribution is 2.38. The van der Waals surface area contributed by atoms with Gasteiger partial charge in [-0.05, 0) is 12.1 Å². The van der Waals surface area contributed by atoms with Gasteiger partial charge in [-0.15, -0.1) is 0 Å². The van der Waals surface area contributed by atoms with E-state index in [2.05, 4.69) is 15.5 Å². The van der Waals surface area contributed by atoms with Gasteiger partial charge in [-0.1, -0.05) is 25.9 Å². The average Bonchev–Trinajstić information content (AvgIpc) is 3.07. The third-order valence-corrected chi connectivity index (χ3v) is 3.44. The molecule has 0 atom stereocenters. The quantitative estimate of drug-likeness (QED) is 0.855. The molecule has 136 valence electrons. The summed E-state index contributed by atoms with van der Waals surface area (Å²) in [5, 5.41) is 6.62. The molecule has 8 nitrogen and oxygen atoms in total. The van der Waals surface area contributed by atoms with Gasteiger partial charge in [0.15, 0.2) is 17.3 Å². The van der Waals surface area contributed by atoms with Crippen molar-refractivity contribution in [2.45, 2.75) is 32.7 Å². The molecule has 0 bridgehead atoms. The third kappa shape index (κ3) is 4.20. The van der Waals surface area contributed by atoms with Crippen molar-refractivity contribution in [3.05, 3.63) is 29.4 Å². The van der Waals surface area contributed by atoms with E-state index in [1.54, 1.807) is 12.1 Å². The van der Waals surface area contributed by atoms with Gasteiger partial charge >= 0.3 is 0 Å². The fraction of sp³-hybridized carbons (Fsp3) is 0.471. The molecule has 0 saturated carbocycles. The molecule has 1 amide bonds. The Bertz CT molecular complexity index is 724. The maximum Gasteiger partial charge on any atom is 0.251 e. The Balaban J connectivity index is 2.14. The Morgan fingerprint density at radius 1 is 1.12 bits per heavy atom. The van der Waals surface area contributed by atoms with Crippen LogP contribution in [0.4, 0.5) is 0 Å². The topological polar surface area (TPSA) is 95.7 Å². The number of hydrogen-bond acceptors (Lipinski definition) is 7. The van der Waals surface area contributed by atoms with Crippen molar-refractivity contribution in [3.63, 3.8) is 0 Å². The van der Waals surface area contributed by atoms with Gasteiger partial charge in [0.1, 0.15) is 0 Å². The summed E-state index contributed by atoms with van der Waals surface area (Å²) in [7, 11) is 4.49. The molecule has 1 aromatic carbocycles. The Morgan fingerprint density at radius 2 is 1.72 bits per heavy atom. The van der Waals surface area contributed by atoms with Gasteiger partial charge in [0, 0.05) is 11.0 Å². The van der Waals surface area contributed by atoms with Crippen LogP contribution in [0.1, 0.15) is 42.8 Å². The SMILES string of the molecule is COc1cc(C(=O)NCc2noc(C(C)(C)C)n2)cc(OC)c1OC. The van der Waals surface area contributed by atoms with Gasteiger partial charge in [-0.2, -0.15) is 4.98 Å². The van der Waals surface area contributed by atoms with E-state index in [4.69, 9.17) is 18.7 Å². The summed E-state index contributed by atoms with van der Waals surface area (Å²) in [6.07, 6.45) is 0. The number of ether oxygens (including phenoxy) is 3. The predicted octanol–water partition coefficient (Wildman–Crippen LogP) is 2.32. The smallest absolute Gasteiger partial charge is 0.251 e. The molecular weight excluding hydrogens is 326 g/mol. The van der Waals surface area contributed by atoms with E-state index in [0.29, 0.717) is 34.5 Å². The molecule has 1 heterocycles. The molecule has 0 fully saturated rings. The van der Waals surface area contributed by atoms with Crippen LogP contribution in [-0.2, 0) is 12.0 Å². The lowest BCUT2D eigenvalue weighted by molar-refractivity contribution is 0.0948. The number of amides is 1. The van der Waals surface area contributed by atoms with Crippen LogP contribution in [0.25, 0.3) is 0 Å². The lowest BCUT2D eigenvalue weighted by atomic mass is 9.97. The molecule has 0 unspecified atom stereocenters. The van der Waals surface area contributed by atoms with Crippen LogP contribution >= 0.6 is 0 Å². The van der Waals surface area contributed by atoms with E-state index in [1.807, 2.05) is 20.8 Å². The van der Waals surface area contributed by atoms with Crippen molar-refractivity contribution < 1.29 is 23.5 Å². The maximum absolute atomic E-state index is 12.4. The minimum absolute atomic E-state index is 0.148. The highest BCUT2D eigenvalue weighted by Gasteiger charge is 2.22.